The van der Waals surface area contributed by atoms with E-state index in [0.29, 0.717) is 5.56 Å². The number of nitro benzene ring substituents is 1. The average molecular weight is 533 g/mol. The Labute approximate surface area is 219 Å². The molecule has 190 valence electrons. The SMILES string of the molecule is COc1cc([N+](=O)[O-])ccc1N1C(=O)[C@@H]2[C@H](c3ccccc3Cl)OC3(C(=O)c4ccccc4C3=O)[C@H]2C1=O. The third-order valence-corrected chi connectivity index (χ3v) is 7.69. The number of amides is 2. The van der Waals surface area contributed by atoms with E-state index in [1.54, 1.807) is 36.4 Å². The highest BCUT2D eigenvalue weighted by molar-refractivity contribution is 6.37. The number of hydrogen-bond acceptors (Lipinski definition) is 8. The molecule has 10 nitrogen and oxygen atoms in total. The second-order valence-electron chi connectivity index (χ2n) is 9.13. The summed E-state index contributed by atoms with van der Waals surface area (Å²) in [6.07, 6.45) is -1.19. The molecule has 0 bridgehead atoms. The van der Waals surface area contributed by atoms with E-state index in [2.05, 4.69) is 0 Å². The van der Waals surface area contributed by atoms with Crippen LogP contribution in [0.5, 0.6) is 5.75 Å². The van der Waals surface area contributed by atoms with Crippen LogP contribution >= 0.6 is 11.6 Å². The Balaban J connectivity index is 1.55. The van der Waals surface area contributed by atoms with Gasteiger partial charge in [0.1, 0.15) is 5.75 Å². The molecule has 2 heterocycles. The second kappa shape index (κ2) is 8.30. The summed E-state index contributed by atoms with van der Waals surface area (Å²) in [6, 6.07) is 16.1. The molecule has 0 radical (unpaired) electrons. The van der Waals surface area contributed by atoms with E-state index in [1.165, 1.54) is 25.3 Å². The number of methoxy groups -OCH3 is 1. The number of carbonyl (C=O) groups is 4. The molecule has 0 unspecified atom stereocenters. The smallest absolute Gasteiger partial charge is 0.273 e. The molecular formula is C27H17ClN2O8. The van der Waals surface area contributed by atoms with Gasteiger partial charge in [-0.15, -0.1) is 0 Å². The molecule has 0 saturated carbocycles. The number of rotatable bonds is 4. The quantitative estimate of drug-likeness (QED) is 0.213. The fraction of sp³-hybridized carbons (Fsp3) is 0.185. The van der Waals surface area contributed by atoms with Crippen LogP contribution in [0, 0.1) is 22.0 Å². The number of benzene rings is 3. The first-order valence-corrected chi connectivity index (χ1v) is 11.9. The maximum atomic E-state index is 14.0. The van der Waals surface area contributed by atoms with Crippen LogP contribution in [0.4, 0.5) is 11.4 Å². The first kappa shape index (κ1) is 24.0. The number of halogens is 1. The van der Waals surface area contributed by atoms with Crippen LogP contribution in [0.1, 0.15) is 32.4 Å². The fourth-order valence-corrected chi connectivity index (χ4v) is 5.95. The van der Waals surface area contributed by atoms with E-state index in [4.69, 9.17) is 21.1 Å². The number of hydrogen-bond donors (Lipinski definition) is 0. The van der Waals surface area contributed by atoms with Crippen molar-refractivity contribution in [1.29, 1.82) is 0 Å². The van der Waals surface area contributed by atoms with Crippen molar-refractivity contribution in [2.75, 3.05) is 12.0 Å². The maximum Gasteiger partial charge on any atom is 0.273 e. The zero-order chi connectivity index (χ0) is 26.9. The van der Waals surface area contributed by atoms with E-state index in [-0.39, 0.29) is 33.3 Å². The third kappa shape index (κ3) is 2.98. The van der Waals surface area contributed by atoms with Gasteiger partial charge < -0.3 is 9.47 Å². The molecule has 3 atom stereocenters. The second-order valence-corrected chi connectivity index (χ2v) is 9.54. The van der Waals surface area contributed by atoms with Gasteiger partial charge in [-0.05, 0) is 12.1 Å². The molecular weight excluding hydrogens is 516 g/mol. The number of imide groups is 1. The van der Waals surface area contributed by atoms with Crippen LogP contribution in [0.2, 0.25) is 5.02 Å². The van der Waals surface area contributed by atoms with Crippen LogP contribution in [0.3, 0.4) is 0 Å². The number of non-ortho nitro benzene ring substituents is 1. The number of anilines is 1. The minimum atomic E-state index is -2.27. The van der Waals surface area contributed by atoms with Gasteiger partial charge in [-0.1, -0.05) is 54.1 Å². The lowest BCUT2D eigenvalue weighted by Gasteiger charge is -2.27. The highest BCUT2D eigenvalue weighted by Crippen LogP contribution is 2.58. The molecule has 11 heteroatoms. The molecule has 1 aliphatic carbocycles. The van der Waals surface area contributed by atoms with Gasteiger partial charge in [0.05, 0.1) is 41.7 Å². The van der Waals surface area contributed by atoms with Crippen molar-refractivity contribution in [2.45, 2.75) is 11.7 Å². The van der Waals surface area contributed by atoms with Gasteiger partial charge in [0.2, 0.25) is 29.0 Å². The maximum absolute atomic E-state index is 14.0. The summed E-state index contributed by atoms with van der Waals surface area (Å²) in [5.41, 5.74) is -2.09. The van der Waals surface area contributed by atoms with E-state index >= 15 is 0 Å². The summed E-state index contributed by atoms with van der Waals surface area (Å²) in [4.78, 5) is 67.1. The van der Waals surface area contributed by atoms with Gasteiger partial charge in [-0.3, -0.25) is 29.3 Å². The van der Waals surface area contributed by atoms with Crippen molar-refractivity contribution in [3.63, 3.8) is 0 Å². The van der Waals surface area contributed by atoms with Crippen LogP contribution in [0.25, 0.3) is 0 Å². The minimum absolute atomic E-state index is 0.0500. The predicted octanol–water partition coefficient (Wildman–Crippen LogP) is 3.95. The summed E-state index contributed by atoms with van der Waals surface area (Å²) in [5.74, 6) is -5.88. The first-order chi connectivity index (χ1) is 18.2. The van der Waals surface area contributed by atoms with Gasteiger partial charge in [0.25, 0.3) is 5.69 Å². The number of ether oxygens (including phenoxy) is 2. The molecule has 3 aliphatic rings. The van der Waals surface area contributed by atoms with Crippen LogP contribution < -0.4 is 9.64 Å². The molecule has 1 spiro atoms. The van der Waals surface area contributed by atoms with Gasteiger partial charge in [0.15, 0.2) is 0 Å². The lowest BCUT2D eigenvalue weighted by atomic mass is 9.77. The van der Waals surface area contributed by atoms with Crippen molar-refractivity contribution < 1.29 is 33.6 Å². The lowest BCUT2D eigenvalue weighted by molar-refractivity contribution is -0.384. The number of ketones is 2. The molecule has 2 fully saturated rings. The van der Waals surface area contributed by atoms with Crippen LogP contribution in [-0.2, 0) is 14.3 Å². The Kier molecular flexibility index (Phi) is 5.23. The number of carbonyl (C=O) groups excluding carboxylic acids is 4. The summed E-state index contributed by atoms with van der Waals surface area (Å²) in [6.45, 7) is 0. The highest BCUT2D eigenvalue weighted by Gasteiger charge is 2.75. The molecule has 3 aromatic rings. The number of nitrogens with zero attached hydrogens (tertiary/aromatic N) is 2. The van der Waals surface area contributed by atoms with Crippen molar-refractivity contribution in [2.24, 2.45) is 11.8 Å². The average Bonchev–Trinajstić information content (AvgIpc) is 3.48. The normalized spacial score (nSPS) is 23.2. The Morgan fingerprint density at radius 2 is 1.58 bits per heavy atom. The van der Waals surface area contributed by atoms with E-state index < -0.39 is 51.8 Å². The standard InChI is InChI=1S/C27H17ClN2O8/c1-37-19-12-13(30(35)36)10-11-18(19)29-25(33)20-21(26(29)34)27(38-22(20)16-8-4-5-9-17(16)28)23(31)14-6-2-3-7-15(14)24(27)32/h2-12,20-22H,1H3/t20-,21+,22-/m0/s1. The Morgan fingerprint density at radius 3 is 2.18 bits per heavy atom. The monoisotopic (exact) mass is 532 g/mol. The molecule has 3 aromatic carbocycles. The molecule has 2 saturated heterocycles. The summed E-state index contributed by atoms with van der Waals surface area (Å²) in [5, 5.41) is 11.5. The Bertz CT molecular complexity index is 1570. The predicted molar refractivity (Wildman–Crippen MR) is 132 cm³/mol. The Morgan fingerprint density at radius 1 is 0.947 bits per heavy atom. The third-order valence-electron chi connectivity index (χ3n) is 7.35. The summed E-state index contributed by atoms with van der Waals surface area (Å²) < 4.78 is 11.5. The molecule has 0 N–H and O–H groups in total. The van der Waals surface area contributed by atoms with Crippen LogP contribution in [0.15, 0.2) is 66.7 Å². The molecule has 2 amide bonds. The summed E-state index contributed by atoms with van der Waals surface area (Å²) >= 11 is 6.44. The van der Waals surface area contributed by atoms with E-state index in [9.17, 15) is 29.3 Å². The minimum Gasteiger partial charge on any atom is -0.494 e. The fourth-order valence-electron chi connectivity index (χ4n) is 5.71. The van der Waals surface area contributed by atoms with Gasteiger partial charge in [0, 0.05) is 27.8 Å². The van der Waals surface area contributed by atoms with Gasteiger partial charge in [-0.2, -0.15) is 0 Å². The van der Waals surface area contributed by atoms with E-state index in [0.717, 1.165) is 17.0 Å². The zero-order valence-electron chi connectivity index (χ0n) is 19.6. The van der Waals surface area contributed by atoms with E-state index in [1.807, 2.05) is 0 Å². The summed E-state index contributed by atoms with van der Waals surface area (Å²) in [7, 11) is 1.24. The topological polar surface area (TPSA) is 133 Å². The molecule has 6 rings (SSSR count). The van der Waals surface area contributed by atoms with Crippen molar-refractivity contribution in [1.82, 2.24) is 0 Å². The largest absolute Gasteiger partial charge is 0.494 e. The van der Waals surface area contributed by atoms with Crippen molar-refractivity contribution in [3.8, 4) is 5.75 Å². The number of nitro groups is 1. The molecule has 2 aliphatic heterocycles. The van der Waals surface area contributed by atoms with Crippen molar-refractivity contribution in [3.05, 3.63) is 98.6 Å². The van der Waals surface area contributed by atoms with Gasteiger partial charge >= 0.3 is 0 Å². The van der Waals surface area contributed by atoms with Gasteiger partial charge in [-0.25, -0.2) is 4.90 Å². The number of fused-ring (bicyclic) bond motifs is 3. The number of Topliss-reactive ketones (excluding diaryl/α,β-unsaturated/α-hetero) is 2. The molecule has 38 heavy (non-hydrogen) atoms. The highest BCUT2D eigenvalue weighted by atomic mass is 35.5. The zero-order valence-corrected chi connectivity index (χ0v) is 20.4. The van der Waals surface area contributed by atoms with Crippen molar-refractivity contribution >= 4 is 46.4 Å². The Hall–Kier alpha value is -4.41. The van der Waals surface area contributed by atoms with Crippen LogP contribution in [-0.4, -0.2) is 41.0 Å². The first-order valence-electron chi connectivity index (χ1n) is 11.5. The molecule has 0 aromatic heterocycles. The lowest BCUT2D eigenvalue weighted by Crippen LogP contribution is -2.51.